The van der Waals surface area contributed by atoms with E-state index in [1.54, 1.807) is 25.3 Å². The van der Waals surface area contributed by atoms with Crippen LogP contribution < -0.4 is 15.2 Å². The van der Waals surface area contributed by atoms with E-state index in [4.69, 9.17) is 15.2 Å². The summed E-state index contributed by atoms with van der Waals surface area (Å²) in [5.74, 6) is 1.47. The third-order valence-electron chi connectivity index (χ3n) is 3.68. The lowest BCUT2D eigenvalue weighted by Crippen LogP contribution is -2.43. The molecule has 0 unspecified atom stereocenters. The van der Waals surface area contributed by atoms with Crippen LogP contribution in [0.5, 0.6) is 11.6 Å². The molecule has 0 saturated heterocycles. The number of hydrogen-bond acceptors (Lipinski definition) is 6. The molecule has 6 nitrogen and oxygen atoms in total. The molecule has 6 heteroatoms. The highest BCUT2D eigenvalue weighted by Crippen LogP contribution is 2.27. The van der Waals surface area contributed by atoms with Gasteiger partial charge in [-0.1, -0.05) is 13.8 Å². The molecule has 1 heterocycles. The number of methoxy groups -OCH3 is 1. The molecule has 0 aliphatic heterocycles. The van der Waals surface area contributed by atoms with Crippen molar-refractivity contribution in [3.63, 3.8) is 0 Å². The Balaban J connectivity index is 2.21. The van der Waals surface area contributed by atoms with Gasteiger partial charge in [0.25, 0.3) is 0 Å². The minimum absolute atomic E-state index is 0.348. The zero-order chi connectivity index (χ0) is 18.4. The lowest BCUT2D eigenvalue weighted by Gasteiger charge is -2.26. The Morgan fingerprint density at radius 2 is 2.04 bits per heavy atom. The van der Waals surface area contributed by atoms with E-state index >= 15 is 0 Å². The van der Waals surface area contributed by atoms with Crippen LogP contribution in [0.2, 0.25) is 0 Å². The van der Waals surface area contributed by atoms with Crippen molar-refractivity contribution in [3.8, 4) is 29.0 Å². The standard InChI is InChI=1S/C19H24N4O2/c1-13(2)9-19(3,21)11-25-17-6-5-14(7-15(17)10-20)16-8-18(24-4)23-12-22-16/h5-8,12-13H,9,11,21H2,1-4H3/t19-/m0/s1. The van der Waals surface area contributed by atoms with Gasteiger partial charge in [-0.05, 0) is 37.5 Å². The molecular weight excluding hydrogens is 316 g/mol. The van der Waals surface area contributed by atoms with Crippen molar-refractivity contribution < 1.29 is 9.47 Å². The van der Waals surface area contributed by atoms with E-state index in [0.717, 1.165) is 12.0 Å². The first-order valence-electron chi connectivity index (χ1n) is 8.17. The third kappa shape index (κ3) is 5.16. The van der Waals surface area contributed by atoms with Crippen molar-refractivity contribution in [2.45, 2.75) is 32.7 Å². The second kappa shape index (κ2) is 7.95. The van der Waals surface area contributed by atoms with Crippen LogP contribution in [0.15, 0.2) is 30.6 Å². The Labute approximate surface area is 148 Å². The molecule has 1 atom stereocenters. The monoisotopic (exact) mass is 340 g/mol. The van der Waals surface area contributed by atoms with Gasteiger partial charge in [0.15, 0.2) is 0 Å². The van der Waals surface area contributed by atoms with E-state index in [0.29, 0.717) is 35.4 Å². The van der Waals surface area contributed by atoms with Gasteiger partial charge in [-0.3, -0.25) is 0 Å². The van der Waals surface area contributed by atoms with Gasteiger partial charge in [0, 0.05) is 17.2 Å². The van der Waals surface area contributed by atoms with Crippen molar-refractivity contribution in [2.75, 3.05) is 13.7 Å². The predicted octanol–water partition coefficient (Wildman–Crippen LogP) is 3.17. The molecule has 0 aliphatic rings. The summed E-state index contributed by atoms with van der Waals surface area (Å²) in [6, 6.07) is 9.26. The van der Waals surface area contributed by atoms with Crippen molar-refractivity contribution in [1.82, 2.24) is 9.97 Å². The Hall–Kier alpha value is -2.65. The van der Waals surface area contributed by atoms with Gasteiger partial charge < -0.3 is 15.2 Å². The van der Waals surface area contributed by atoms with Crippen molar-refractivity contribution in [3.05, 3.63) is 36.2 Å². The van der Waals surface area contributed by atoms with Crippen LogP contribution in [0.1, 0.15) is 32.8 Å². The minimum Gasteiger partial charge on any atom is -0.490 e. The normalized spacial score (nSPS) is 13.2. The molecule has 0 spiro atoms. The van der Waals surface area contributed by atoms with Gasteiger partial charge in [0.05, 0.1) is 18.4 Å². The Bertz CT molecular complexity index is 766. The van der Waals surface area contributed by atoms with E-state index < -0.39 is 5.54 Å². The number of benzene rings is 1. The van der Waals surface area contributed by atoms with E-state index in [1.165, 1.54) is 6.33 Å². The van der Waals surface area contributed by atoms with Crippen molar-refractivity contribution >= 4 is 0 Å². The number of rotatable bonds is 7. The lowest BCUT2D eigenvalue weighted by atomic mass is 9.93. The molecule has 1 aromatic heterocycles. The van der Waals surface area contributed by atoms with Crippen LogP contribution in [0, 0.1) is 17.2 Å². The Morgan fingerprint density at radius 3 is 2.68 bits per heavy atom. The van der Waals surface area contributed by atoms with E-state index in [-0.39, 0.29) is 0 Å². The largest absolute Gasteiger partial charge is 0.490 e. The minimum atomic E-state index is -0.445. The first kappa shape index (κ1) is 18.7. The number of aromatic nitrogens is 2. The van der Waals surface area contributed by atoms with Gasteiger partial charge in [-0.25, -0.2) is 9.97 Å². The van der Waals surface area contributed by atoms with Crippen molar-refractivity contribution in [1.29, 1.82) is 5.26 Å². The number of nitriles is 1. The highest BCUT2D eigenvalue weighted by atomic mass is 16.5. The van der Waals surface area contributed by atoms with Crippen LogP contribution in [-0.4, -0.2) is 29.2 Å². The second-order valence-electron chi connectivity index (χ2n) is 6.81. The zero-order valence-corrected chi connectivity index (χ0v) is 15.1. The number of nitrogens with two attached hydrogens (primary N) is 1. The number of nitrogens with zero attached hydrogens (tertiary/aromatic N) is 3. The SMILES string of the molecule is COc1cc(-c2ccc(OC[C@@](C)(N)CC(C)C)c(C#N)c2)ncn1. The smallest absolute Gasteiger partial charge is 0.216 e. The molecule has 0 bridgehead atoms. The summed E-state index contributed by atoms with van der Waals surface area (Å²) in [6.45, 7) is 6.55. The summed E-state index contributed by atoms with van der Waals surface area (Å²) >= 11 is 0. The zero-order valence-electron chi connectivity index (χ0n) is 15.1. The highest BCUT2D eigenvalue weighted by molar-refractivity contribution is 5.64. The summed E-state index contributed by atoms with van der Waals surface area (Å²) < 4.78 is 10.9. The summed E-state index contributed by atoms with van der Waals surface area (Å²) in [6.07, 6.45) is 2.27. The van der Waals surface area contributed by atoms with Crippen LogP contribution >= 0.6 is 0 Å². The summed E-state index contributed by atoms with van der Waals surface area (Å²) in [5, 5.41) is 9.45. The number of hydrogen-bond donors (Lipinski definition) is 1. The van der Waals surface area contributed by atoms with Gasteiger partial charge in [-0.2, -0.15) is 5.26 Å². The van der Waals surface area contributed by atoms with E-state index in [2.05, 4.69) is 29.9 Å². The van der Waals surface area contributed by atoms with Crippen LogP contribution in [0.3, 0.4) is 0 Å². The van der Waals surface area contributed by atoms with E-state index in [9.17, 15) is 5.26 Å². The maximum Gasteiger partial charge on any atom is 0.216 e. The third-order valence-corrected chi connectivity index (χ3v) is 3.68. The molecule has 0 aliphatic carbocycles. The van der Waals surface area contributed by atoms with Gasteiger partial charge >= 0.3 is 0 Å². The summed E-state index contributed by atoms with van der Waals surface area (Å²) in [7, 11) is 1.55. The fraction of sp³-hybridized carbons (Fsp3) is 0.421. The molecule has 0 fully saturated rings. The Kier molecular flexibility index (Phi) is 5.94. The first-order valence-corrected chi connectivity index (χ1v) is 8.17. The fourth-order valence-corrected chi connectivity index (χ4v) is 2.75. The van der Waals surface area contributed by atoms with Crippen molar-refractivity contribution in [2.24, 2.45) is 11.7 Å². The molecule has 25 heavy (non-hydrogen) atoms. The molecule has 0 radical (unpaired) electrons. The van der Waals surface area contributed by atoms with Crippen LogP contribution in [0.25, 0.3) is 11.3 Å². The van der Waals surface area contributed by atoms with E-state index in [1.807, 2.05) is 13.0 Å². The average Bonchev–Trinajstić information content (AvgIpc) is 2.58. The molecule has 2 rings (SSSR count). The lowest BCUT2D eigenvalue weighted by molar-refractivity contribution is 0.206. The Morgan fingerprint density at radius 1 is 1.28 bits per heavy atom. The summed E-state index contributed by atoms with van der Waals surface area (Å²) in [4.78, 5) is 8.21. The average molecular weight is 340 g/mol. The maximum absolute atomic E-state index is 9.45. The molecule has 2 aromatic rings. The summed E-state index contributed by atoms with van der Waals surface area (Å²) in [5.41, 5.74) is 7.74. The van der Waals surface area contributed by atoms with Gasteiger partial charge in [0.2, 0.25) is 5.88 Å². The molecule has 132 valence electrons. The molecule has 1 aromatic carbocycles. The quantitative estimate of drug-likeness (QED) is 0.832. The van der Waals surface area contributed by atoms with Crippen LogP contribution in [-0.2, 0) is 0 Å². The van der Waals surface area contributed by atoms with Gasteiger partial charge in [0.1, 0.15) is 24.8 Å². The van der Waals surface area contributed by atoms with Crippen LogP contribution in [0.4, 0.5) is 0 Å². The first-order chi connectivity index (χ1) is 11.8. The maximum atomic E-state index is 9.45. The second-order valence-corrected chi connectivity index (χ2v) is 6.81. The number of ether oxygens (including phenoxy) is 2. The highest BCUT2D eigenvalue weighted by Gasteiger charge is 2.21. The fourth-order valence-electron chi connectivity index (χ4n) is 2.75. The molecule has 2 N–H and O–H groups in total. The molecular formula is C19H24N4O2. The molecule has 0 amide bonds. The predicted molar refractivity (Wildman–Crippen MR) is 96.3 cm³/mol. The topological polar surface area (TPSA) is 94.1 Å². The van der Waals surface area contributed by atoms with Gasteiger partial charge in [-0.15, -0.1) is 0 Å². The molecule has 0 saturated carbocycles.